The molecule has 0 spiro atoms. The first kappa shape index (κ1) is 22.4. The molecule has 1 aromatic rings. The maximum atomic E-state index is 12.2. The van der Waals surface area contributed by atoms with Crippen LogP contribution < -0.4 is 14.4 Å². The molecule has 3 rings (SSSR count). The fourth-order valence-electron chi connectivity index (χ4n) is 3.35. The van der Waals surface area contributed by atoms with Gasteiger partial charge in [0.25, 0.3) is 5.91 Å². The Morgan fingerprint density at radius 1 is 1.24 bits per heavy atom. The summed E-state index contributed by atoms with van der Waals surface area (Å²) in [6.07, 6.45) is 0. The number of nitrogens with zero attached hydrogens (tertiary/aromatic N) is 2. The predicted octanol–water partition coefficient (Wildman–Crippen LogP) is 2.49. The van der Waals surface area contributed by atoms with Crippen LogP contribution >= 0.6 is 27.7 Å². The number of amidine groups is 1. The molecule has 0 unspecified atom stereocenters. The molecule has 0 bridgehead atoms. The van der Waals surface area contributed by atoms with Gasteiger partial charge in [-0.2, -0.15) is 4.99 Å². The van der Waals surface area contributed by atoms with Crippen molar-refractivity contribution in [3.8, 4) is 11.5 Å². The summed E-state index contributed by atoms with van der Waals surface area (Å²) in [5, 5.41) is 0.271. The molecular weight excluding hydrogens is 484 g/mol. The average Bonchev–Trinajstić information content (AvgIpc) is 3.09. The van der Waals surface area contributed by atoms with Gasteiger partial charge in [0, 0.05) is 29.0 Å². The maximum Gasteiger partial charge on any atom is 0.274 e. The van der Waals surface area contributed by atoms with E-state index in [2.05, 4.69) is 20.9 Å². The van der Waals surface area contributed by atoms with E-state index in [-0.39, 0.29) is 29.4 Å². The fraction of sp³-hybridized carbons (Fsp3) is 0.556. The normalized spacial score (nSPS) is 24.0. The number of halogens is 1. The number of carbonyl (C=O) groups is 1. The molecule has 2 aliphatic rings. The zero-order valence-electron chi connectivity index (χ0n) is 16.4. The molecule has 160 valence electrons. The van der Waals surface area contributed by atoms with E-state index in [4.69, 9.17) is 14.2 Å². The second-order valence-electron chi connectivity index (χ2n) is 6.51. The molecule has 2 saturated heterocycles. The van der Waals surface area contributed by atoms with Crippen molar-refractivity contribution in [2.75, 3.05) is 43.3 Å². The van der Waals surface area contributed by atoms with E-state index in [1.165, 1.54) is 18.9 Å². The van der Waals surface area contributed by atoms with Crippen molar-refractivity contribution in [1.29, 1.82) is 0 Å². The van der Waals surface area contributed by atoms with Gasteiger partial charge in [-0.15, -0.1) is 0 Å². The van der Waals surface area contributed by atoms with Gasteiger partial charge >= 0.3 is 0 Å². The number of amides is 1. The third kappa shape index (κ3) is 4.89. The molecule has 2 aliphatic heterocycles. The Hall–Kier alpha value is -1.30. The zero-order chi connectivity index (χ0) is 21.2. The van der Waals surface area contributed by atoms with Crippen LogP contribution in [0.1, 0.15) is 13.8 Å². The van der Waals surface area contributed by atoms with Gasteiger partial charge in [0.1, 0.15) is 6.61 Å². The number of hydrogen-bond donors (Lipinski definition) is 0. The minimum Gasteiger partial charge on any atom is -0.490 e. The molecule has 2 fully saturated rings. The molecule has 1 aromatic carbocycles. The van der Waals surface area contributed by atoms with Gasteiger partial charge in [-0.05, 0) is 29.8 Å². The molecule has 2 heterocycles. The standard InChI is InChI=1S/C18H23BrN2O6S2/c1-4-26-14-6-11(19)12(7-15(14)27-5-2)21-13-9-29(23,24)10-16(13)28-18(21)20-17(22)8-25-3/h6-7,13,16H,4-5,8-10H2,1-3H3/t13-,16+/m0/s1. The van der Waals surface area contributed by atoms with E-state index < -0.39 is 15.7 Å². The van der Waals surface area contributed by atoms with Crippen molar-refractivity contribution >= 4 is 54.3 Å². The van der Waals surface area contributed by atoms with Crippen LogP contribution in [0.25, 0.3) is 0 Å². The number of methoxy groups -OCH3 is 1. The van der Waals surface area contributed by atoms with E-state index in [1.54, 1.807) is 12.1 Å². The Bertz CT molecular complexity index is 921. The molecular formula is C18H23BrN2O6S2. The minimum atomic E-state index is -3.16. The number of carbonyl (C=O) groups excluding carboxylic acids is 1. The Balaban J connectivity index is 2.08. The van der Waals surface area contributed by atoms with Crippen molar-refractivity contribution < 1.29 is 27.4 Å². The SMILES string of the molecule is CCOc1cc(Br)c(N2C(=NC(=O)COC)S[C@@H]3CS(=O)(=O)C[C@@H]32)cc1OCC. The zero-order valence-corrected chi connectivity index (χ0v) is 19.6. The van der Waals surface area contributed by atoms with Crippen LogP contribution in [0, 0.1) is 0 Å². The molecule has 0 saturated carbocycles. The lowest BCUT2D eigenvalue weighted by molar-refractivity contribution is -0.121. The molecule has 0 N–H and O–H groups in total. The highest BCUT2D eigenvalue weighted by Gasteiger charge is 2.50. The number of hydrogen-bond acceptors (Lipinski definition) is 7. The quantitative estimate of drug-likeness (QED) is 0.556. The van der Waals surface area contributed by atoms with Crippen LogP contribution in [0.15, 0.2) is 21.6 Å². The number of benzene rings is 1. The highest BCUT2D eigenvalue weighted by atomic mass is 79.9. The van der Waals surface area contributed by atoms with Crippen LogP contribution in [0.3, 0.4) is 0 Å². The molecule has 0 radical (unpaired) electrons. The summed E-state index contributed by atoms with van der Waals surface area (Å²) in [6.45, 7) is 4.55. The second-order valence-corrected chi connectivity index (χ2v) is 10.7. The number of aliphatic imine (C=N–C) groups is 1. The summed E-state index contributed by atoms with van der Waals surface area (Å²) < 4.78 is 41.4. The lowest BCUT2D eigenvalue weighted by atomic mass is 10.2. The highest BCUT2D eigenvalue weighted by Crippen LogP contribution is 2.46. The lowest BCUT2D eigenvalue weighted by Crippen LogP contribution is -2.38. The molecule has 1 amide bonds. The van der Waals surface area contributed by atoms with Gasteiger partial charge in [-0.25, -0.2) is 8.42 Å². The monoisotopic (exact) mass is 506 g/mol. The molecule has 2 atom stereocenters. The van der Waals surface area contributed by atoms with Gasteiger partial charge in [0.2, 0.25) is 0 Å². The van der Waals surface area contributed by atoms with E-state index in [0.29, 0.717) is 40.0 Å². The summed E-state index contributed by atoms with van der Waals surface area (Å²) in [5.74, 6) is 0.774. The average molecular weight is 507 g/mol. The first-order chi connectivity index (χ1) is 13.8. The summed E-state index contributed by atoms with van der Waals surface area (Å²) >= 11 is 4.87. The third-order valence-electron chi connectivity index (χ3n) is 4.43. The predicted molar refractivity (Wildman–Crippen MR) is 117 cm³/mol. The summed E-state index contributed by atoms with van der Waals surface area (Å²) in [6, 6.07) is 3.27. The lowest BCUT2D eigenvalue weighted by Gasteiger charge is -2.27. The summed E-state index contributed by atoms with van der Waals surface area (Å²) in [4.78, 5) is 18.1. The van der Waals surface area contributed by atoms with Crippen molar-refractivity contribution in [1.82, 2.24) is 0 Å². The summed E-state index contributed by atoms with van der Waals surface area (Å²) in [5.41, 5.74) is 0.679. The molecule has 8 nitrogen and oxygen atoms in total. The van der Waals surface area contributed by atoms with E-state index in [1.807, 2.05) is 18.7 Å². The minimum absolute atomic E-state index is 0.00573. The Labute approximate surface area is 183 Å². The van der Waals surface area contributed by atoms with Crippen LogP contribution in [0.4, 0.5) is 5.69 Å². The Morgan fingerprint density at radius 2 is 1.90 bits per heavy atom. The van der Waals surface area contributed by atoms with Gasteiger partial charge in [0.15, 0.2) is 26.5 Å². The number of fused-ring (bicyclic) bond motifs is 1. The van der Waals surface area contributed by atoms with Crippen molar-refractivity contribution in [2.45, 2.75) is 25.1 Å². The van der Waals surface area contributed by atoms with E-state index >= 15 is 0 Å². The Morgan fingerprint density at radius 3 is 2.52 bits per heavy atom. The topological polar surface area (TPSA) is 94.5 Å². The fourth-order valence-corrected chi connectivity index (χ4v) is 7.79. The number of thioether (sulfide) groups is 1. The van der Waals surface area contributed by atoms with Crippen molar-refractivity contribution in [3.05, 3.63) is 16.6 Å². The molecule has 0 aromatic heterocycles. The first-order valence-electron chi connectivity index (χ1n) is 9.15. The Kier molecular flexibility index (Phi) is 7.13. The molecule has 0 aliphatic carbocycles. The molecule has 11 heteroatoms. The molecule has 29 heavy (non-hydrogen) atoms. The van der Waals surface area contributed by atoms with Crippen molar-refractivity contribution in [3.63, 3.8) is 0 Å². The van der Waals surface area contributed by atoms with Crippen molar-refractivity contribution in [2.24, 2.45) is 4.99 Å². The number of sulfone groups is 1. The second kappa shape index (κ2) is 9.23. The third-order valence-corrected chi connectivity index (χ3v) is 8.27. The highest BCUT2D eigenvalue weighted by molar-refractivity contribution is 9.10. The van der Waals surface area contributed by atoms with Crippen LogP contribution in [-0.2, 0) is 19.4 Å². The van der Waals surface area contributed by atoms with Crippen LogP contribution in [0.5, 0.6) is 11.5 Å². The van der Waals surface area contributed by atoms with Gasteiger partial charge in [-0.3, -0.25) is 4.79 Å². The van der Waals surface area contributed by atoms with E-state index in [9.17, 15) is 13.2 Å². The largest absolute Gasteiger partial charge is 0.490 e. The van der Waals surface area contributed by atoms with Gasteiger partial charge in [-0.1, -0.05) is 11.8 Å². The van der Waals surface area contributed by atoms with Gasteiger partial charge < -0.3 is 19.1 Å². The van der Waals surface area contributed by atoms with Gasteiger partial charge in [0.05, 0.1) is 36.4 Å². The number of anilines is 1. The smallest absolute Gasteiger partial charge is 0.274 e. The van der Waals surface area contributed by atoms with E-state index in [0.717, 1.165) is 0 Å². The number of ether oxygens (including phenoxy) is 3. The van der Waals surface area contributed by atoms with Crippen LogP contribution in [0.2, 0.25) is 0 Å². The number of rotatable bonds is 7. The maximum absolute atomic E-state index is 12.2. The van der Waals surface area contributed by atoms with Crippen LogP contribution in [-0.4, -0.2) is 69.2 Å². The first-order valence-corrected chi connectivity index (χ1v) is 12.6. The summed E-state index contributed by atoms with van der Waals surface area (Å²) in [7, 11) is -1.73.